The maximum absolute atomic E-state index is 12.4. The molecule has 1 aromatic heterocycles. The molecule has 1 aromatic carbocycles. The SMILES string of the molecule is CCOc1cc(C(=O)Nc2cccc(SC(F)F)c2)ccn1. The van der Waals surface area contributed by atoms with Crippen molar-refractivity contribution >= 4 is 23.4 Å². The zero-order chi connectivity index (χ0) is 15.9. The van der Waals surface area contributed by atoms with Crippen molar-refractivity contribution in [2.75, 3.05) is 11.9 Å². The van der Waals surface area contributed by atoms with Crippen LogP contribution >= 0.6 is 11.8 Å². The summed E-state index contributed by atoms with van der Waals surface area (Å²) < 4.78 is 29.9. The number of amides is 1. The summed E-state index contributed by atoms with van der Waals surface area (Å²) in [5.41, 5.74) is 0.829. The Labute approximate surface area is 130 Å². The molecular formula is C15H14F2N2O2S. The molecule has 0 aliphatic rings. The number of carbonyl (C=O) groups is 1. The van der Waals surface area contributed by atoms with Gasteiger partial charge in [-0.15, -0.1) is 0 Å². The highest BCUT2D eigenvalue weighted by Crippen LogP contribution is 2.27. The number of hydrogen-bond donors (Lipinski definition) is 1. The van der Waals surface area contributed by atoms with Gasteiger partial charge in [-0.3, -0.25) is 4.79 Å². The van der Waals surface area contributed by atoms with Gasteiger partial charge in [-0.2, -0.15) is 8.78 Å². The largest absolute Gasteiger partial charge is 0.478 e. The van der Waals surface area contributed by atoms with E-state index in [9.17, 15) is 13.6 Å². The van der Waals surface area contributed by atoms with Crippen molar-refractivity contribution in [1.29, 1.82) is 0 Å². The highest BCUT2D eigenvalue weighted by atomic mass is 32.2. The van der Waals surface area contributed by atoms with Gasteiger partial charge in [0.15, 0.2) is 0 Å². The van der Waals surface area contributed by atoms with E-state index < -0.39 is 5.76 Å². The maximum Gasteiger partial charge on any atom is 0.288 e. The molecule has 0 aliphatic heterocycles. The number of benzene rings is 1. The Balaban J connectivity index is 2.10. The van der Waals surface area contributed by atoms with E-state index in [1.54, 1.807) is 24.3 Å². The van der Waals surface area contributed by atoms with Crippen LogP contribution in [0.4, 0.5) is 14.5 Å². The number of ether oxygens (including phenoxy) is 1. The second-order valence-corrected chi connectivity index (χ2v) is 5.24. The third-order valence-electron chi connectivity index (χ3n) is 2.61. The van der Waals surface area contributed by atoms with Crippen molar-refractivity contribution in [3.63, 3.8) is 0 Å². The third-order valence-corrected chi connectivity index (χ3v) is 3.31. The Morgan fingerprint density at radius 2 is 2.18 bits per heavy atom. The van der Waals surface area contributed by atoms with E-state index >= 15 is 0 Å². The fourth-order valence-corrected chi connectivity index (χ4v) is 2.29. The molecule has 0 saturated heterocycles. The second-order valence-electron chi connectivity index (χ2n) is 4.18. The average molecular weight is 324 g/mol. The first-order valence-electron chi connectivity index (χ1n) is 6.53. The van der Waals surface area contributed by atoms with Crippen LogP contribution in [0.2, 0.25) is 0 Å². The van der Waals surface area contributed by atoms with Gasteiger partial charge in [0.1, 0.15) is 0 Å². The lowest BCUT2D eigenvalue weighted by Gasteiger charge is -2.08. The van der Waals surface area contributed by atoms with Gasteiger partial charge in [-0.25, -0.2) is 4.98 Å². The lowest BCUT2D eigenvalue weighted by atomic mass is 10.2. The summed E-state index contributed by atoms with van der Waals surface area (Å²) in [4.78, 5) is 16.5. The van der Waals surface area contributed by atoms with Crippen LogP contribution in [0.15, 0.2) is 47.5 Å². The zero-order valence-electron chi connectivity index (χ0n) is 11.8. The monoisotopic (exact) mass is 324 g/mol. The van der Waals surface area contributed by atoms with E-state index in [0.29, 0.717) is 40.4 Å². The summed E-state index contributed by atoms with van der Waals surface area (Å²) in [5.74, 6) is -2.50. The molecule has 1 N–H and O–H groups in total. The fourth-order valence-electron chi connectivity index (χ4n) is 1.73. The van der Waals surface area contributed by atoms with Crippen molar-refractivity contribution < 1.29 is 18.3 Å². The van der Waals surface area contributed by atoms with Crippen molar-refractivity contribution in [2.45, 2.75) is 17.6 Å². The van der Waals surface area contributed by atoms with E-state index in [-0.39, 0.29) is 5.91 Å². The van der Waals surface area contributed by atoms with Crippen LogP contribution in [0, 0.1) is 0 Å². The smallest absolute Gasteiger partial charge is 0.288 e. The highest BCUT2D eigenvalue weighted by Gasteiger charge is 2.10. The van der Waals surface area contributed by atoms with Gasteiger partial charge < -0.3 is 10.1 Å². The topological polar surface area (TPSA) is 51.2 Å². The summed E-state index contributed by atoms with van der Waals surface area (Å²) in [5, 5.41) is 2.66. The molecule has 1 heterocycles. The predicted molar refractivity (Wildman–Crippen MR) is 81.7 cm³/mol. The van der Waals surface area contributed by atoms with E-state index in [2.05, 4.69) is 10.3 Å². The predicted octanol–water partition coefficient (Wildman–Crippen LogP) is 4.05. The minimum atomic E-state index is -2.50. The first-order valence-corrected chi connectivity index (χ1v) is 7.41. The Bertz CT molecular complexity index is 653. The molecule has 0 atom stereocenters. The molecule has 0 bridgehead atoms. The number of rotatable bonds is 6. The number of nitrogens with zero attached hydrogens (tertiary/aromatic N) is 1. The maximum atomic E-state index is 12.4. The summed E-state index contributed by atoms with van der Waals surface area (Å²) in [6, 6.07) is 9.38. The molecule has 2 aromatic rings. The van der Waals surface area contributed by atoms with Crippen molar-refractivity contribution in [3.05, 3.63) is 48.2 Å². The van der Waals surface area contributed by atoms with Gasteiger partial charge in [-0.05, 0) is 31.2 Å². The molecule has 0 radical (unpaired) electrons. The number of hydrogen-bond acceptors (Lipinski definition) is 4. The van der Waals surface area contributed by atoms with Gasteiger partial charge >= 0.3 is 0 Å². The molecule has 0 saturated carbocycles. The van der Waals surface area contributed by atoms with E-state index in [1.807, 2.05) is 6.92 Å². The Hall–Kier alpha value is -2.15. The number of alkyl halides is 2. The number of aromatic nitrogens is 1. The fraction of sp³-hybridized carbons (Fsp3) is 0.200. The number of thioether (sulfide) groups is 1. The molecule has 4 nitrogen and oxygen atoms in total. The van der Waals surface area contributed by atoms with Gasteiger partial charge in [0.25, 0.3) is 11.7 Å². The van der Waals surface area contributed by atoms with Crippen molar-refractivity contribution in [2.24, 2.45) is 0 Å². The van der Waals surface area contributed by atoms with Crippen LogP contribution in [0.25, 0.3) is 0 Å². The summed E-state index contributed by atoms with van der Waals surface area (Å²) in [6.07, 6.45) is 1.48. The minimum Gasteiger partial charge on any atom is -0.478 e. The zero-order valence-corrected chi connectivity index (χ0v) is 12.6. The van der Waals surface area contributed by atoms with Crippen LogP contribution in [0.3, 0.4) is 0 Å². The van der Waals surface area contributed by atoms with Crippen LogP contribution in [0.5, 0.6) is 5.88 Å². The normalized spacial score (nSPS) is 10.5. The molecule has 0 spiro atoms. The standard InChI is InChI=1S/C15H14F2N2O2S/c1-2-21-13-8-10(6-7-18-13)14(20)19-11-4-3-5-12(9-11)22-15(16)17/h3-9,15H,2H2,1H3,(H,19,20). The Kier molecular flexibility index (Phi) is 5.71. The van der Waals surface area contributed by atoms with Gasteiger partial charge in [0.2, 0.25) is 5.88 Å². The van der Waals surface area contributed by atoms with Crippen LogP contribution in [0.1, 0.15) is 17.3 Å². The van der Waals surface area contributed by atoms with Gasteiger partial charge in [0.05, 0.1) is 6.61 Å². The Morgan fingerprint density at radius 1 is 1.36 bits per heavy atom. The molecule has 7 heteroatoms. The number of pyridine rings is 1. The lowest BCUT2D eigenvalue weighted by Crippen LogP contribution is -2.12. The summed E-state index contributed by atoms with van der Waals surface area (Å²) >= 11 is 0.430. The summed E-state index contributed by atoms with van der Waals surface area (Å²) in [6.45, 7) is 2.27. The van der Waals surface area contributed by atoms with E-state index in [4.69, 9.17) is 4.74 Å². The van der Waals surface area contributed by atoms with Gasteiger partial charge in [-0.1, -0.05) is 17.8 Å². The molecule has 0 aliphatic carbocycles. The molecule has 2 rings (SSSR count). The van der Waals surface area contributed by atoms with E-state index in [0.717, 1.165) is 0 Å². The third kappa shape index (κ3) is 4.70. The Morgan fingerprint density at radius 3 is 2.91 bits per heavy atom. The summed E-state index contributed by atoms with van der Waals surface area (Å²) in [7, 11) is 0. The average Bonchev–Trinajstić information content (AvgIpc) is 2.47. The van der Waals surface area contributed by atoms with Crippen molar-refractivity contribution in [1.82, 2.24) is 4.98 Å². The molecule has 22 heavy (non-hydrogen) atoms. The lowest BCUT2D eigenvalue weighted by molar-refractivity contribution is 0.102. The highest BCUT2D eigenvalue weighted by molar-refractivity contribution is 7.99. The second kappa shape index (κ2) is 7.74. The number of halogens is 2. The van der Waals surface area contributed by atoms with Crippen LogP contribution in [-0.4, -0.2) is 23.3 Å². The first-order chi connectivity index (χ1) is 10.6. The molecule has 116 valence electrons. The van der Waals surface area contributed by atoms with Gasteiger partial charge in [0, 0.05) is 28.4 Å². The van der Waals surface area contributed by atoms with Crippen molar-refractivity contribution in [3.8, 4) is 5.88 Å². The number of carbonyl (C=O) groups excluding carboxylic acids is 1. The molecule has 0 fully saturated rings. The van der Waals surface area contributed by atoms with E-state index in [1.165, 1.54) is 18.3 Å². The quantitative estimate of drug-likeness (QED) is 0.815. The minimum absolute atomic E-state index is 0.358. The molecule has 1 amide bonds. The van der Waals surface area contributed by atoms with Crippen LogP contribution < -0.4 is 10.1 Å². The van der Waals surface area contributed by atoms with Crippen LogP contribution in [-0.2, 0) is 0 Å². The molecule has 0 unspecified atom stereocenters. The first kappa shape index (κ1) is 16.2. The number of anilines is 1. The molecular weight excluding hydrogens is 310 g/mol. The number of nitrogens with one attached hydrogen (secondary N) is 1.